The summed E-state index contributed by atoms with van der Waals surface area (Å²) < 4.78 is 73.5. The summed E-state index contributed by atoms with van der Waals surface area (Å²) in [6, 6.07) is 17.5. The molecule has 47 heavy (non-hydrogen) atoms. The van der Waals surface area contributed by atoms with Crippen LogP contribution in [-0.4, -0.2) is 55.4 Å². The normalized spacial score (nSPS) is 21.8. The summed E-state index contributed by atoms with van der Waals surface area (Å²) in [6.45, 7) is 5.55. The molecule has 1 unspecified atom stereocenters. The Morgan fingerprint density at radius 1 is 0.979 bits per heavy atom. The molecule has 3 aliphatic rings. The number of imidazole rings is 1. The van der Waals surface area contributed by atoms with E-state index >= 15 is 0 Å². The highest BCUT2D eigenvalue weighted by Crippen LogP contribution is 2.49. The van der Waals surface area contributed by atoms with Crippen LogP contribution >= 0.6 is 0 Å². The molecule has 1 N–H and O–H groups in total. The Hall–Kier alpha value is -4.49. The molecule has 0 spiro atoms. The van der Waals surface area contributed by atoms with Gasteiger partial charge in [0, 0.05) is 30.2 Å². The lowest BCUT2D eigenvalue weighted by Gasteiger charge is -2.33. The molecule has 0 radical (unpaired) electrons. The molecule has 0 saturated carbocycles. The van der Waals surface area contributed by atoms with Gasteiger partial charge in [0.15, 0.2) is 17.3 Å². The SMILES string of the molecule is CC1(c2ccc(F)cc2)Oc2cccc(C3CCN(Cc4nc5cc(-c6nnc(C(F)(F)F)[nH]6)ccc5n4C[C@@H]4CCO4)CC3)c2O1. The van der Waals surface area contributed by atoms with E-state index in [-0.39, 0.29) is 23.7 Å². The van der Waals surface area contributed by atoms with Crippen LogP contribution in [0.1, 0.15) is 54.9 Å². The molecule has 9 nitrogen and oxygen atoms in total. The standard InChI is InChI=1S/C34H32F4N6O3/c1-33(22-6-8-23(35)9-7-22)46-28-4-2-3-25(30(28)47-33)20-11-14-43(15-12-20)19-29-39-26-17-21(31-40-32(42-41-31)34(36,37)38)5-10-27(26)44(29)18-24-13-16-45-24/h2-10,17,20,24H,11-16,18-19H2,1H3,(H,40,41,42)/t24-,33?/m0/s1. The minimum absolute atomic E-state index is 0.0412. The summed E-state index contributed by atoms with van der Waals surface area (Å²) in [4.78, 5) is 9.62. The number of alkyl halides is 3. The van der Waals surface area contributed by atoms with Crippen LogP contribution in [0.4, 0.5) is 17.6 Å². The number of aromatic amines is 1. The zero-order valence-corrected chi connectivity index (χ0v) is 25.6. The predicted octanol–water partition coefficient (Wildman–Crippen LogP) is 6.79. The molecule has 0 bridgehead atoms. The number of piperidine rings is 1. The van der Waals surface area contributed by atoms with Crippen LogP contribution < -0.4 is 9.47 Å². The zero-order valence-electron chi connectivity index (χ0n) is 25.6. The Balaban J connectivity index is 0.996. The van der Waals surface area contributed by atoms with Gasteiger partial charge in [0.1, 0.15) is 11.6 Å². The number of rotatable bonds is 7. The van der Waals surface area contributed by atoms with Gasteiger partial charge < -0.3 is 23.8 Å². The number of likely N-dealkylation sites (tertiary alicyclic amines) is 1. The van der Waals surface area contributed by atoms with E-state index in [4.69, 9.17) is 19.2 Å². The zero-order chi connectivity index (χ0) is 32.3. The Kier molecular flexibility index (Phi) is 7.21. The van der Waals surface area contributed by atoms with E-state index in [9.17, 15) is 17.6 Å². The summed E-state index contributed by atoms with van der Waals surface area (Å²) in [7, 11) is 0. The molecule has 5 aromatic rings. The average Bonchev–Trinajstić information content (AvgIpc) is 3.75. The maximum absolute atomic E-state index is 13.6. The third-order valence-electron chi connectivity index (χ3n) is 9.41. The van der Waals surface area contributed by atoms with E-state index in [1.807, 2.05) is 25.1 Å². The second-order valence-corrected chi connectivity index (χ2v) is 12.5. The van der Waals surface area contributed by atoms with Crippen molar-refractivity contribution in [2.75, 3.05) is 19.7 Å². The van der Waals surface area contributed by atoms with Gasteiger partial charge in [-0.05, 0) is 86.8 Å². The Morgan fingerprint density at radius 2 is 1.77 bits per heavy atom. The van der Waals surface area contributed by atoms with Crippen LogP contribution in [0.2, 0.25) is 0 Å². The van der Waals surface area contributed by atoms with Crippen LogP contribution in [0, 0.1) is 5.82 Å². The van der Waals surface area contributed by atoms with Crippen LogP contribution in [0.5, 0.6) is 11.5 Å². The molecule has 0 amide bonds. The number of fused-ring (bicyclic) bond motifs is 2. The van der Waals surface area contributed by atoms with E-state index in [0.29, 0.717) is 29.9 Å². The molecule has 0 aliphatic carbocycles. The van der Waals surface area contributed by atoms with Crippen molar-refractivity contribution in [1.82, 2.24) is 29.6 Å². The molecule has 8 rings (SSSR count). The van der Waals surface area contributed by atoms with Gasteiger partial charge in [-0.25, -0.2) is 9.37 Å². The Bertz CT molecular complexity index is 1930. The van der Waals surface area contributed by atoms with Crippen molar-refractivity contribution in [1.29, 1.82) is 0 Å². The molecule has 3 aliphatic heterocycles. The number of ether oxygens (including phenoxy) is 3. The fourth-order valence-corrected chi connectivity index (χ4v) is 6.75. The number of benzene rings is 3. The highest BCUT2D eigenvalue weighted by Gasteiger charge is 2.41. The third-order valence-corrected chi connectivity index (χ3v) is 9.41. The maximum Gasteiger partial charge on any atom is 0.451 e. The first-order valence-electron chi connectivity index (χ1n) is 15.7. The predicted molar refractivity (Wildman–Crippen MR) is 163 cm³/mol. The number of H-pyrrole nitrogens is 1. The van der Waals surface area contributed by atoms with Gasteiger partial charge >= 0.3 is 6.18 Å². The quantitative estimate of drug-likeness (QED) is 0.194. The minimum atomic E-state index is -4.60. The van der Waals surface area contributed by atoms with Gasteiger partial charge in [0.05, 0.1) is 30.2 Å². The molecule has 3 aromatic carbocycles. The fourth-order valence-electron chi connectivity index (χ4n) is 6.75. The number of hydrogen-bond acceptors (Lipinski definition) is 7. The first-order valence-corrected chi connectivity index (χ1v) is 15.7. The Morgan fingerprint density at radius 3 is 2.47 bits per heavy atom. The summed E-state index contributed by atoms with van der Waals surface area (Å²) >= 11 is 0. The molecule has 13 heteroatoms. The summed E-state index contributed by atoms with van der Waals surface area (Å²) in [5.41, 5.74) is 3.90. The number of nitrogens with zero attached hydrogens (tertiary/aromatic N) is 5. The topological polar surface area (TPSA) is 90.3 Å². The molecule has 244 valence electrons. The van der Waals surface area contributed by atoms with Gasteiger partial charge in [-0.3, -0.25) is 4.90 Å². The number of hydrogen-bond donors (Lipinski definition) is 1. The van der Waals surface area contributed by atoms with Crippen molar-refractivity contribution < 1.29 is 31.8 Å². The lowest BCUT2D eigenvalue weighted by molar-refractivity contribution is -0.144. The molecule has 2 aromatic heterocycles. The van der Waals surface area contributed by atoms with Crippen molar-refractivity contribution in [3.63, 3.8) is 0 Å². The van der Waals surface area contributed by atoms with Crippen LogP contribution in [0.25, 0.3) is 22.4 Å². The first kappa shape index (κ1) is 29.9. The maximum atomic E-state index is 13.6. The minimum Gasteiger partial charge on any atom is -0.445 e. The molecular formula is C34H32F4N6O3. The van der Waals surface area contributed by atoms with Crippen LogP contribution in [0.15, 0.2) is 60.7 Å². The smallest absolute Gasteiger partial charge is 0.445 e. The average molecular weight is 649 g/mol. The van der Waals surface area contributed by atoms with Crippen molar-refractivity contribution in [3.05, 3.63) is 89.3 Å². The number of halogens is 4. The lowest BCUT2D eigenvalue weighted by atomic mass is 9.88. The van der Waals surface area contributed by atoms with E-state index in [2.05, 4.69) is 30.7 Å². The number of nitrogens with one attached hydrogen (secondary N) is 1. The highest BCUT2D eigenvalue weighted by molar-refractivity contribution is 5.81. The fraction of sp³-hybridized carbons (Fsp3) is 0.382. The lowest BCUT2D eigenvalue weighted by Crippen LogP contribution is -2.35. The number of para-hydroxylation sites is 1. The summed E-state index contributed by atoms with van der Waals surface area (Å²) in [5.74, 6) is 0.134. The second-order valence-electron chi connectivity index (χ2n) is 12.5. The third kappa shape index (κ3) is 5.61. The van der Waals surface area contributed by atoms with E-state index in [1.165, 1.54) is 12.1 Å². The van der Waals surface area contributed by atoms with Crippen LogP contribution in [-0.2, 0) is 29.8 Å². The molecular weight excluding hydrogens is 616 g/mol. The van der Waals surface area contributed by atoms with Gasteiger partial charge in [0.2, 0.25) is 5.82 Å². The largest absolute Gasteiger partial charge is 0.451 e. The highest BCUT2D eigenvalue weighted by atomic mass is 19.4. The summed E-state index contributed by atoms with van der Waals surface area (Å²) in [6.07, 6.45) is -1.71. The molecule has 2 fully saturated rings. The van der Waals surface area contributed by atoms with E-state index in [1.54, 1.807) is 24.3 Å². The molecule has 2 saturated heterocycles. The van der Waals surface area contributed by atoms with E-state index < -0.39 is 17.8 Å². The second kappa shape index (κ2) is 11.3. The van der Waals surface area contributed by atoms with Crippen molar-refractivity contribution in [2.45, 2.75) is 63.3 Å². The number of aromatic nitrogens is 5. The first-order chi connectivity index (χ1) is 22.6. The van der Waals surface area contributed by atoms with Crippen molar-refractivity contribution in [2.24, 2.45) is 0 Å². The van der Waals surface area contributed by atoms with Crippen LogP contribution in [0.3, 0.4) is 0 Å². The van der Waals surface area contributed by atoms with Gasteiger partial charge in [-0.1, -0.05) is 12.1 Å². The van der Waals surface area contributed by atoms with Gasteiger partial charge in [-0.2, -0.15) is 13.2 Å². The molecule has 2 atom stereocenters. The van der Waals surface area contributed by atoms with Gasteiger partial charge in [-0.15, -0.1) is 10.2 Å². The van der Waals surface area contributed by atoms with Crippen molar-refractivity contribution in [3.8, 4) is 22.9 Å². The Labute approximate surface area is 267 Å². The molecule has 5 heterocycles. The summed E-state index contributed by atoms with van der Waals surface area (Å²) in [5, 5.41) is 6.98. The monoisotopic (exact) mass is 648 g/mol. The van der Waals surface area contributed by atoms with Gasteiger partial charge in [0.25, 0.3) is 5.79 Å². The van der Waals surface area contributed by atoms with Crippen molar-refractivity contribution >= 4 is 11.0 Å². The van der Waals surface area contributed by atoms with E-state index in [0.717, 1.165) is 67.2 Å².